The molecule has 0 aromatic carbocycles. The van der Waals surface area contributed by atoms with Crippen molar-refractivity contribution in [1.82, 2.24) is 0 Å². The van der Waals surface area contributed by atoms with Gasteiger partial charge >= 0.3 is 13.8 Å². The first kappa shape index (κ1) is 57.9. The zero-order valence-electron chi connectivity index (χ0n) is 38.5. The molecule has 0 saturated heterocycles. The first-order valence-corrected chi connectivity index (χ1v) is 26.3. The molecule has 0 aliphatic carbocycles. The quantitative estimate of drug-likeness (QED) is 0.0237. The fourth-order valence-electron chi connectivity index (χ4n) is 7.09. The van der Waals surface area contributed by atoms with Crippen LogP contribution in [0.5, 0.6) is 0 Å². The molecule has 0 amide bonds. The average molecular weight is 859 g/mol. The highest BCUT2D eigenvalue weighted by molar-refractivity contribution is 7.47. The molecule has 0 spiro atoms. The first-order chi connectivity index (χ1) is 28.8. The third-order valence-corrected chi connectivity index (χ3v) is 11.8. The van der Waals surface area contributed by atoms with E-state index in [4.69, 9.17) is 23.6 Å². The average Bonchev–Trinajstić information content (AvgIpc) is 3.23. The number of aliphatic hydroxyl groups is 2. The van der Waals surface area contributed by atoms with Gasteiger partial charge < -0.3 is 24.6 Å². The van der Waals surface area contributed by atoms with Crippen LogP contribution < -0.4 is 0 Å². The van der Waals surface area contributed by atoms with Crippen LogP contribution in [0.15, 0.2) is 24.3 Å². The third kappa shape index (κ3) is 46.3. The molecule has 0 aromatic heterocycles. The number of rotatable bonds is 48. The van der Waals surface area contributed by atoms with E-state index in [2.05, 4.69) is 38.2 Å². The predicted molar refractivity (Wildman–Crippen MR) is 247 cm³/mol. The van der Waals surface area contributed by atoms with Gasteiger partial charge in [-0.2, -0.15) is 0 Å². The van der Waals surface area contributed by atoms with E-state index in [1.54, 1.807) is 0 Å². The maximum atomic E-state index is 12.7. The monoisotopic (exact) mass is 859 g/mol. The van der Waals surface area contributed by atoms with E-state index in [1.165, 1.54) is 180 Å². The minimum Gasteiger partial charge on any atom is -0.457 e. The first-order valence-electron chi connectivity index (χ1n) is 24.8. The Bertz CT molecular complexity index is 975. The number of unbranched alkanes of at least 4 members (excludes halogenated alkanes) is 30. The number of aliphatic hydroxyl groups excluding tert-OH is 2. The SMILES string of the molecule is CCCCCCC/C=C\C/C=C\CCCCCCCCCCCCCC(=O)OC(COCCCCCCCCCCCCCCCCC)COP(=O)(O)OCC(O)CO. The molecular weight excluding hydrogens is 764 g/mol. The lowest BCUT2D eigenvalue weighted by Crippen LogP contribution is -2.29. The summed E-state index contributed by atoms with van der Waals surface area (Å²) < 4.78 is 33.5. The Morgan fingerprint density at radius 3 is 1.36 bits per heavy atom. The lowest BCUT2D eigenvalue weighted by Gasteiger charge is -2.20. The van der Waals surface area contributed by atoms with Gasteiger partial charge in [-0.05, 0) is 44.9 Å². The van der Waals surface area contributed by atoms with Crippen LogP contribution in [0, 0.1) is 0 Å². The van der Waals surface area contributed by atoms with Gasteiger partial charge in [-0.3, -0.25) is 13.8 Å². The maximum absolute atomic E-state index is 12.7. The molecule has 350 valence electrons. The molecule has 10 heteroatoms. The van der Waals surface area contributed by atoms with Crippen LogP contribution in [0.3, 0.4) is 0 Å². The lowest BCUT2D eigenvalue weighted by atomic mass is 10.0. The normalized spacial score (nSPS) is 14.1. The van der Waals surface area contributed by atoms with Gasteiger partial charge in [0.15, 0.2) is 0 Å². The van der Waals surface area contributed by atoms with Crippen LogP contribution in [0.1, 0.15) is 239 Å². The summed E-state index contributed by atoms with van der Waals surface area (Å²) in [6.45, 7) is 3.56. The Kier molecular flexibility index (Phi) is 45.6. The van der Waals surface area contributed by atoms with Gasteiger partial charge in [0.25, 0.3) is 0 Å². The number of hydrogen-bond acceptors (Lipinski definition) is 8. The molecule has 59 heavy (non-hydrogen) atoms. The van der Waals surface area contributed by atoms with Crippen molar-refractivity contribution in [3.8, 4) is 0 Å². The summed E-state index contributed by atoms with van der Waals surface area (Å²) in [4.78, 5) is 22.7. The molecular formula is C49H95O9P. The second kappa shape index (κ2) is 46.4. The van der Waals surface area contributed by atoms with Crippen molar-refractivity contribution in [2.24, 2.45) is 0 Å². The highest BCUT2D eigenvalue weighted by atomic mass is 31.2. The van der Waals surface area contributed by atoms with E-state index in [-0.39, 0.29) is 25.6 Å². The summed E-state index contributed by atoms with van der Waals surface area (Å²) in [7, 11) is -4.52. The number of allylic oxidation sites excluding steroid dienone is 4. The Morgan fingerprint density at radius 1 is 0.525 bits per heavy atom. The highest BCUT2D eigenvalue weighted by Crippen LogP contribution is 2.43. The number of carbonyl (C=O) groups excluding carboxylic acids is 1. The fraction of sp³-hybridized carbons (Fsp3) is 0.898. The number of hydrogen-bond donors (Lipinski definition) is 3. The molecule has 0 aromatic rings. The van der Waals surface area contributed by atoms with Crippen LogP contribution in [0.4, 0.5) is 0 Å². The maximum Gasteiger partial charge on any atom is 0.472 e. The zero-order chi connectivity index (χ0) is 43.2. The number of esters is 1. The van der Waals surface area contributed by atoms with Crippen molar-refractivity contribution < 1.29 is 43.0 Å². The van der Waals surface area contributed by atoms with Gasteiger partial charge in [0.2, 0.25) is 0 Å². The van der Waals surface area contributed by atoms with Crippen molar-refractivity contribution >= 4 is 13.8 Å². The van der Waals surface area contributed by atoms with Crippen LogP contribution in [0.2, 0.25) is 0 Å². The number of carbonyl (C=O) groups is 1. The molecule has 0 aliphatic rings. The molecule has 3 atom stereocenters. The fourth-order valence-corrected chi connectivity index (χ4v) is 7.88. The summed E-state index contributed by atoms with van der Waals surface area (Å²) in [6, 6.07) is 0. The minimum atomic E-state index is -4.52. The zero-order valence-corrected chi connectivity index (χ0v) is 39.4. The van der Waals surface area contributed by atoms with E-state index in [9.17, 15) is 19.4 Å². The molecule has 9 nitrogen and oxygen atoms in total. The van der Waals surface area contributed by atoms with E-state index in [0.717, 1.165) is 38.5 Å². The Hall–Kier alpha value is -1.06. The van der Waals surface area contributed by atoms with Gasteiger partial charge in [0.1, 0.15) is 12.2 Å². The highest BCUT2D eigenvalue weighted by Gasteiger charge is 2.26. The van der Waals surface area contributed by atoms with Crippen molar-refractivity contribution in [3.05, 3.63) is 24.3 Å². The van der Waals surface area contributed by atoms with Gasteiger partial charge in [-0.1, -0.05) is 212 Å². The molecule has 0 rings (SSSR count). The smallest absolute Gasteiger partial charge is 0.457 e. The Balaban J connectivity index is 4.05. The summed E-state index contributed by atoms with van der Waals surface area (Å²) in [5, 5.41) is 18.4. The molecule has 0 bridgehead atoms. The molecule has 0 radical (unpaired) electrons. The van der Waals surface area contributed by atoms with Crippen LogP contribution in [0.25, 0.3) is 0 Å². The number of phosphoric acid groups is 1. The van der Waals surface area contributed by atoms with Crippen LogP contribution in [-0.4, -0.2) is 66.3 Å². The standard InChI is InChI=1S/C49H95O9P/c1-3-5-7-9-11-13-15-17-19-20-21-22-23-24-25-26-27-29-31-33-35-37-39-41-49(52)58-48(46-57-59(53,54)56-44-47(51)43-50)45-55-42-40-38-36-34-32-30-28-18-16-14-12-10-8-6-4-2/h15,17,20-21,47-48,50-51H,3-14,16,18-19,22-46H2,1-2H3,(H,53,54)/b17-15-,21-20-. The second-order valence-corrected chi connectivity index (χ2v) is 18.3. The van der Waals surface area contributed by atoms with E-state index in [0.29, 0.717) is 6.61 Å². The molecule has 0 aliphatic heterocycles. The molecule has 0 heterocycles. The molecule has 0 saturated carbocycles. The Morgan fingerprint density at radius 2 is 0.915 bits per heavy atom. The van der Waals surface area contributed by atoms with Crippen molar-refractivity contribution in [3.63, 3.8) is 0 Å². The lowest BCUT2D eigenvalue weighted by molar-refractivity contribution is -0.154. The van der Waals surface area contributed by atoms with Crippen LogP contribution >= 0.6 is 7.82 Å². The Labute approximate surface area is 363 Å². The van der Waals surface area contributed by atoms with Crippen LogP contribution in [-0.2, 0) is 27.9 Å². The molecule has 3 unspecified atom stereocenters. The molecule has 3 N–H and O–H groups in total. The minimum absolute atomic E-state index is 0.0534. The predicted octanol–water partition coefficient (Wildman–Crippen LogP) is 14.2. The second-order valence-electron chi connectivity index (χ2n) is 16.8. The van der Waals surface area contributed by atoms with Gasteiger partial charge in [0, 0.05) is 13.0 Å². The van der Waals surface area contributed by atoms with Crippen molar-refractivity contribution in [1.29, 1.82) is 0 Å². The summed E-state index contributed by atoms with van der Waals surface area (Å²) >= 11 is 0. The summed E-state index contributed by atoms with van der Waals surface area (Å²) in [5.41, 5.74) is 0. The number of ether oxygens (including phenoxy) is 2. The van der Waals surface area contributed by atoms with Crippen molar-refractivity contribution in [2.45, 2.75) is 251 Å². The summed E-state index contributed by atoms with van der Waals surface area (Å²) in [6.07, 6.45) is 49.9. The van der Waals surface area contributed by atoms with E-state index >= 15 is 0 Å². The number of phosphoric ester groups is 1. The van der Waals surface area contributed by atoms with Gasteiger partial charge in [-0.15, -0.1) is 0 Å². The van der Waals surface area contributed by atoms with Crippen molar-refractivity contribution in [2.75, 3.05) is 33.0 Å². The van der Waals surface area contributed by atoms with Gasteiger partial charge in [-0.25, -0.2) is 4.57 Å². The largest absolute Gasteiger partial charge is 0.472 e. The van der Waals surface area contributed by atoms with E-state index < -0.39 is 33.2 Å². The van der Waals surface area contributed by atoms with E-state index in [1.807, 2.05) is 0 Å². The van der Waals surface area contributed by atoms with Gasteiger partial charge in [0.05, 0.1) is 26.4 Å². The topological polar surface area (TPSA) is 132 Å². The molecule has 0 fully saturated rings. The third-order valence-electron chi connectivity index (χ3n) is 10.9. The summed E-state index contributed by atoms with van der Waals surface area (Å²) in [5.74, 6) is -0.380.